The van der Waals surface area contributed by atoms with Gasteiger partial charge in [-0.1, -0.05) is 48.5 Å². The number of likely N-dealkylation sites (N-methyl/N-ethyl adjacent to an activating group) is 1. The quantitative estimate of drug-likeness (QED) is 0.663. The Morgan fingerprint density at radius 1 is 1.00 bits per heavy atom. The van der Waals surface area contributed by atoms with Crippen molar-refractivity contribution in [3.05, 3.63) is 94.4 Å². The van der Waals surface area contributed by atoms with Gasteiger partial charge < -0.3 is 4.90 Å². The molecule has 1 nitrogen and oxygen atoms in total. The summed E-state index contributed by atoms with van der Waals surface area (Å²) in [4.78, 5) is 1.34. The highest BCUT2D eigenvalue weighted by atomic mass is 35.5. The fourth-order valence-corrected chi connectivity index (χ4v) is 2.85. The maximum Gasteiger partial charge on any atom is 0.146 e. The molecule has 1 aliphatic heterocycles. The third-order valence-electron chi connectivity index (χ3n) is 3.87. The predicted molar refractivity (Wildman–Crippen MR) is 90.7 cm³/mol. The highest BCUT2D eigenvalue weighted by Gasteiger charge is 2.28. The lowest BCUT2D eigenvalue weighted by Crippen LogP contribution is -2.22. The lowest BCUT2D eigenvalue weighted by atomic mass is 9.94. The van der Waals surface area contributed by atoms with Gasteiger partial charge >= 0.3 is 0 Å². The van der Waals surface area contributed by atoms with Gasteiger partial charge in [-0.3, -0.25) is 0 Å². The molecule has 24 heavy (non-hydrogen) atoms. The minimum atomic E-state index is -0.821. The number of hydrogen-bond acceptors (Lipinski definition) is 1. The lowest BCUT2D eigenvalue weighted by Gasteiger charge is -2.30. The number of allylic oxidation sites excluding steroid dienone is 3. The Morgan fingerprint density at radius 3 is 2.17 bits per heavy atom. The SMILES string of the molecule is C=C1C(F)=CC(c2ccccc2)=C(c2c(F)cc(Cl)cc2F)N1C. The first-order valence-electron chi connectivity index (χ1n) is 7.15. The maximum absolute atomic E-state index is 14.5. The van der Waals surface area contributed by atoms with Gasteiger partial charge in [0.1, 0.15) is 17.5 Å². The first-order chi connectivity index (χ1) is 11.4. The van der Waals surface area contributed by atoms with Gasteiger partial charge in [-0.2, -0.15) is 0 Å². The number of halogens is 4. The Balaban J connectivity index is 2.36. The van der Waals surface area contributed by atoms with Crippen LogP contribution in [0.4, 0.5) is 13.2 Å². The highest BCUT2D eigenvalue weighted by Crippen LogP contribution is 2.40. The van der Waals surface area contributed by atoms with E-state index in [1.807, 2.05) is 0 Å². The largest absolute Gasteiger partial charge is 0.342 e. The van der Waals surface area contributed by atoms with E-state index < -0.39 is 17.5 Å². The second kappa shape index (κ2) is 6.21. The van der Waals surface area contributed by atoms with Crippen molar-refractivity contribution in [2.45, 2.75) is 0 Å². The fourth-order valence-electron chi connectivity index (χ4n) is 2.66. The van der Waals surface area contributed by atoms with Crippen molar-refractivity contribution in [3.8, 4) is 0 Å². The molecule has 0 fully saturated rings. The Bertz CT molecular complexity index is 862. The lowest BCUT2D eigenvalue weighted by molar-refractivity contribution is 0.513. The van der Waals surface area contributed by atoms with Gasteiger partial charge in [0, 0.05) is 17.6 Å². The van der Waals surface area contributed by atoms with E-state index in [9.17, 15) is 13.2 Å². The molecule has 0 aliphatic carbocycles. The normalized spacial score (nSPS) is 15.0. The predicted octanol–water partition coefficient (Wildman–Crippen LogP) is 5.80. The van der Waals surface area contributed by atoms with Crippen molar-refractivity contribution >= 4 is 22.9 Å². The van der Waals surface area contributed by atoms with Crippen LogP contribution in [0.25, 0.3) is 11.3 Å². The van der Waals surface area contributed by atoms with Crippen molar-refractivity contribution in [1.29, 1.82) is 0 Å². The standard InChI is InChI=1S/C19H13ClF3N/c1-11-15(21)10-14(12-6-4-3-5-7-12)19(24(11)2)18-16(22)8-13(20)9-17(18)23/h3-10H,1H2,2H3. The van der Waals surface area contributed by atoms with E-state index in [1.165, 1.54) is 18.0 Å². The molecule has 0 saturated carbocycles. The maximum atomic E-state index is 14.5. The monoisotopic (exact) mass is 347 g/mol. The Kier molecular flexibility index (Phi) is 4.24. The summed E-state index contributed by atoms with van der Waals surface area (Å²) in [5, 5.41) is -0.0466. The van der Waals surface area contributed by atoms with Crippen LogP contribution < -0.4 is 0 Å². The second-order valence-corrected chi connectivity index (χ2v) is 5.81. The number of hydrogen-bond donors (Lipinski definition) is 0. The summed E-state index contributed by atoms with van der Waals surface area (Å²) in [6.07, 6.45) is 1.24. The summed E-state index contributed by atoms with van der Waals surface area (Å²) < 4.78 is 43.1. The van der Waals surface area contributed by atoms with Crippen LogP contribution in [-0.4, -0.2) is 11.9 Å². The zero-order chi connectivity index (χ0) is 17.4. The summed E-state index contributed by atoms with van der Waals surface area (Å²) in [5.41, 5.74) is 0.947. The van der Waals surface area contributed by atoms with Crippen LogP contribution in [0.1, 0.15) is 11.1 Å². The molecule has 2 aromatic rings. The molecule has 0 aromatic heterocycles. The third-order valence-corrected chi connectivity index (χ3v) is 4.09. The second-order valence-electron chi connectivity index (χ2n) is 5.37. The minimum Gasteiger partial charge on any atom is -0.342 e. The molecule has 0 amide bonds. The molecule has 0 N–H and O–H groups in total. The molecule has 0 radical (unpaired) electrons. The summed E-state index contributed by atoms with van der Waals surface area (Å²) in [5.74, 6) is -2.20. The van der Waals surface area contributed by atoms with E-state index in [2.05, 4.69) is 6.58 Å². The highest BCUT2D eigenvalue weighted by molar-refractivity contribution is 6.30. The van der Waals surface area contributed by atoms with E-state index in [4.69, 9.17) is 11.6 Å². The molecule has 0 atom stereocenters. The third kappa shape index (κ3) is 2.74. The van der Waals surface area contributed by atoms with E-state index in [-0.39, 0.29) is 22.0 Å². The first-order valence-corrected chi connectivity index (χ1v) is 7.52. The average molecular weight is 348 g/mol. The molecule has 5 heteroatoms. The Labute approximate surface area is 143 Å². The Hall–Kier alpha value is -2.46. The van der Waals surface area contributed by atoms with Crippen molar-refractivity contribution in [2.75, 3.05) is 7.05 Å². The van der Waals surface area contributed by atoms with E-state index >= 15 is 0 Å². The molecule has 1 aliphatic rings. The first kappa shape index (κ1) is 16.4. The van der Waals surface area contributed by atoms with E-state index in [0.29, 0.717) is 11.1 Å². The summed E-state index contributed by atoms with van der Waals surface area (Å²) in [6.45, 7) is 3.63. The van der Waals surface area contributed by atoms with E-state index in [0.717, 1.165) is 12.1 Å². The topological polar surface area (TPSA) is 3.24 Å². The molecule has 1 heterocycles. The zero-order valence-corrected chi connectivity index (χ0v) is 13.5. The van der Waals surface area contributed by atoms with Crippen LogP contribution in [0.5, 0.6) is 0 Å². The molecule has 0 spiro atoms. The molecular formula is C19H13ClF3N. The smallest absolute Gasteiger partial charge is 0.146 e. The average Bonchev–Trinajstić information content (AvgIpc) is 2.54. The molecule has 2 aromatic carbocycles. The molecular weight excluding hydrogens is 335 g/mol. The zero-order valence-electron chi connectivity index (χ0n) is 12.8. The Morgan fingerprint density at radius 2 is 1.58 bits per heavy atom. The summed E-state index contributed by atoms with van der Waals surface area (Å²) in [6, 6.07) is 10.9. The van der Waals surface area contributed by atoms with Crippen molar-refractivity contribution in [1.82, 2.24) is 4.90 Å². The number of rotatable bonds is 2. The molecule has 0 bridgehead atoms. The van der Waals surface area contributed by atoms with E-state index in [1.54, 1.807) is 30.3 Å². The molecule has 0 unspecified atom stereocenters. The van der Waals surface area contributed by atoms with Crippen LogP contribution in [0.3, 0.4) is 0 Å². The van der Waals surface area contributed by atoms with Gasteiger partial charge in [0.05, 0.1) is 17.0 Å². The van der Waals surface area contributed by atoms with Crippen LogP contribution >= 0.6 is 11.6 Å². The van der Waals surface area contributed by atoms with Gasteiger partial charge in [-0.15, -0.1) is 0 Å². The van der Waals surface area contributed by atoms with Crippen molar-refractivity contribution < 1.29 is 13.2 Å². The van der Waals surface area contributed by atoms with Gasteiger partial charge in [-0.05, 0) is 23.8 Å². The molecule has 122 valence electrons. The van der Waals surface area contributed by atoms with Crippen LogP contribution in [0.15, 0.2) is 66.6 Å². The van der Waals surface area contributed by atoms with Gasteiger partial charge in [0.15, 0.2) is 0 Å². The summed E-state index contributed by atoms with van der Waals surface area (Å²) >= 11 is 5.70. The molecule has 3 rings (SSSR count). The van der Waals surface area contributed by atoms with Gasteiger partial charge in [0.2, 0.25) is 0 Å². The van der Waals surface area contributed by atoms with Crippen LogP contribution in [0.2, 0.25) is 5.02 Å². The minimum absolute atomic E-state index is 0.0263. The molecule has 0 saturated heterocycles. The van der Waals surface area contributed by atoms with Crippen molar-refractivity contribution in [3.63, 3.8) is 0 Å². The van der Waals surface area contributed by atoms with Crippen molar-refractivity contribution in [2.24, 2.45) is 0 Å². The van der Waals surface area contributed by atoms with Crippen LogP contribution in [0, 0.1) is 11.6 Å². The summed E-state index contributed by atoms with van der Waals surface area (Å²) in [7, 11) is 1.51. The van der Waals surface area contributed by atoms with Crippen LogP contribution in [-0.2, 0) is 0 Å². The van der Waals surface area contributed by atoms with Gasteiger partial charge in [0.25, 0.3) is 0 Å². The number of nitrogens with zero attached hydrogens (tertiary/aromatic N) is 1. The number of benzene rings is 2. The fraction of sp³-hybridized carbons (Fsp3) is 0.0526. The van der Waals surface area contributed by atoms with Gasteiger partial charge in [-0.25, -0.2) is 13.2 Å².